The highest BCUT2D eigenvalue weighted by Gasteiger charge is 2.57. The van der Waals surface area contributed by atoms with E-state index in [1.165, 1.54) is 0 Å². The van der Waals surface area contributed by atoms with Crippen molar-refractivity contribution in [3.05, 3.63) is 0 Å². The summed E-state index contributed by atoms with van der Waals surface area (Å²) in [6, 6.07) is 0. The van der Waals surface area contributed by atoms with E-state index in [1.807, 2.05) is 6.92 Å². The molecule has 66 valence electrons. The van der Waals surface area contributed by atoms with E-state index >= 15 is 0 Å². The minimum Gasteiger partial charge on any atom is -0.299 e. The molecule has 2 aliphatic rings. The van der Waals surface area contributed by atoms with E-state index in [0.29, 0.717) is 0 Å². The molecule has 3 heteroatoms. The molecule has 0 saturated heterocycles. The van der Waals surface area contributed by atoms with Crippen LogP contribution in [0.4, 0.5) is 0 Å². The zero-order valence-electron chi connectivity index (χ0n) is 6.97. The summed E-state index contributed by atoms with van der Waals surface area (Å²) in [7, 11) is 0. The third-order valence-corrected chi connectivity index (χ3v) is 3.61. The molecule has 0 aromatic rings. The molecule has 0 heterocycles. The maximum atomic E-state index is 11.5. The maximum Gasteiger partial charge on any atom is 0.232 e. The molecule has 0 spiro atoms. The second-order valence-corrected chi connectivity index (χ2v) is 4.61. The fraction of sp³-hybridized carbons (Fsp3) is 0.778. The Balaban J connectivity index is 2.35. The Morgan fingerprint density at radius 3 is 2.67 bits per heavy atom. The van der Waals surface area contributed by atoms with E-state index in [1.54, 1.807) is 0 Å². The standard InChI is InChI=1S/C9H11ClO2/c1-9-3-2-5(4-9)7(11)6(9)8(10)12/h5-6H,2-4H2,1H3. The summed E-state index contributed by atoms with van der Waals surface area (Å²) < 4.78 is 0. The number of fused-ring (bicyclic) bond motifs is 2. The number of rotatable bonds is 1. The van der Waals surface area contributed by atoms with Crippen LogP contribution in [0.25, 0.3) is 0 Å². The molecule has 3 unspecified atom stereocenters. The monoisotopic (exact) mass is 186 g/mol. The van der Waals surface area contributed by atoms with Crippen LogP contribution in [-0.2, 0) is 9.59 Å². The van der Waals surface area contributed by atoms with Gasteiger partial charge < -0.3 is 0 Å². The highest BCUT2D eigenvalue weighted by Crippen LogP contribution is 2.55. The van der Waals surface area contributed by atoms with Gasteiger partial charge in [0, 0.05) is 5.92 Å². The van der Waals surface area contributed by atoms with E-state index < -0.39 is 11.2 Å². The van der Waals surface area contributed by atoms with Crippen LogP contribution >= 0.6 is 11.6 Å². The zero-order chi connectivity index (χ0) is 8.93. The molecule has 2 bridgehead atoms. The second-order valence-electron chi connectivity index (χ2n) is 4.23. The summed E-state index contributed by atoms with van der Waals surface area (Å²) in [4.78, 5) is 22.5. The fourth-order valence-electron chi connectivity index (χ4n) is 2.74. The summed E-state index contributed by atoms with van der Waals surface area (Å²) >= 11 is 5.40. The van der Waals surface area contributed by atoms with Gasteiger partial charge in [-0.3, -0.25) is 9.59 Å². The SMILES string of the molecule is CC12CCC(C1)C(=O)C2C(=O)Cl. The smallest absolute Gasteiger partial charge is 0.232 e. The Kier molecular flexibility index (Phi) is 1.59. The molecule has 2 aliphatic carbocycles. The van der Waals surface area contributed by atoms with Crippen molar-refractivity contribution in [1.82, 2.24) is 0 Å². The maximum absolute atomic E-state index is 11.5. The van der Waals surface area contributed by atoms with Crippen molar-refractivity contribution in [3.63, 3.8) is 0 Å². The molecule has 0 aromatic heterocycles. The predicted molar refractivity (Wildman–Crippen MR) is 44.8 cm³/mol. The molecular weight excluding hydrogens is 176 g/mol. The van der Waals surface area contributed by atoms with Crippen LogP contribution in [0.2, 0.25) is 0 Å². The van der Waals surface area contributed by atoms with Gasteiger partial charge in [0.2, 0.25) is 5.24 Å². The molecule has 0 aliphatic heterocycles. The van der Waals surface area contributed by atoms with Gasteiger partial charge in [-0.05, 0) is 36.3 Å². The molecule has 2 nitrogen and oxygen atoms in total. The van der Waals surface area contributed by atoms with Crippen LogP contribution in [0.15, 0.2) is 0 Å². The lowest BCUT2D eigenvalue weighted by atomic mass is 9.77. The molecule has 0 aromatic carbocycles. The van der Waals surface area contributed by atoms with Crippen molar-refractivity contribution in [2.45, 2.75) is 26.2 Å². The van der Waals surface area contributed by atoms with Crippen LogP contribution in [0.3, 0.4) is 0 Å². The lowest BCUT2D eigenvalue weighted by molar-refractivity contribution is -0.133. The first-order valence-electron chi connectivity index (χ1n) is 4.28. The third kappa shape index (κ3) is 0.875. The number of halogens is 1. The largest absolute Gasteiger partial charge is 0.299 e. The minimum atomic E-state index is -0.502. The average molecular weight is 187 g/mol. The third-order valence-electron chi connectivity index (χ3n) is 3.39. The van der Waals surface area contributed by atoms with E-state index in [2.05, 4.69) is 0 Å². The summed E-state index contributed by atoms with van der Waals surface area (Å²) in [5.74, 6) is -0.288. The highest BCUT2D eigenvalue weighted by atomic mass is 35.5. The Morgan fingerprint density at radius 2 is 2.33 bits per heavy atom. The van der Waals surface area contributed by atoms with Gasteiger partial charge in [-0.1, -0.05) is 6.92 Å². The zero-order valence-corrected chi connectivity index (χ0v) is 7.73. The summed E-state index contributed by atoms with van der Waals surface area (Å²) in [6.07, 6.45) is 2.80. The second kappa shape index (κ2) is 2.32. The number of hydrogen-bond donors (Lipinski definition) is 0. The summed E-state index contributed by atoms with van der Waals surface area (Å²) in [6.45, 7) is 2.00. The molecule has 12 heavy (non-hydrogen) atoms. The van der Waals surface area contributed by atoms with E-state index in [-0.39, 0.29) is 17.1 Å². The van der Waals surface area contributed by atoms with Gasteiger partial charge in [0.05, 0.1) is 5.92 Å². The van der Waals surface area contributed by atoms with E-state index in [0.717, 1.165) is 19.3 Å². The highest BCUT2D eigenvalue weighted by molar-refractivity contribution is 6.65. The van der Waals surface area contributed by atoms with Crippen molar-refractivity contribution >= 4 is 22.6 Å². The van der Waals surface area contributed by atoms with E-state index in [4.69, 9.17) is 11.6 Å². The topological polar surface area (TPSA) is 34.1 Å². The van der Waals surface area contributed by atoms with Crippen molar-refractivity contribution in [3.8, 4) is 0 Å². The Bertz CT molecular complexity index is 261. The van der Waals surface area contributed by atoms with Crippen molar-refractivity contribution in [2.24, 2.45) is 17.3 Å². The molecule has 0 amide bonds. The quantitative estimate of drug-likeness (QED) is 0.462. The molecule has 0 N–H and O–H groups in total. The Hall–Kier alpha value is -0.370. The van der Waals surface area contributed by atoms with Crippen molar-refractivity contribution in [2.75, 3.05) is 0 Å². The number of carbonyl (C=O) groups excluding carboxylic acids is 2. The minimum absolute atomic E-state index is 0.0868. The van der Waals surface area contributed by atoms with Gasteiger partial charge in [0.1, 0.15) is 5.78 Å². The molecular formula is C9H11ClO2. The number of ketones is 1. The van der Waals surface area contributed by atoms with Crippen LogP contribution in [0.1, 0.15) is 26.2 Å². The number of hydrogen-bond acceptors (Lipinski definition) is 2. The molecule has 2 saturated carbocycles. The normalized spacial score (nSPS) is 45.3. The van der Waals surface area contributed by atoms with Crippen LogP contribution in [-0.4, -0.2) is 11.0 Å². The number of Topliss-reactive ketones (excluding diaryl/α,β-unsaturated/α-hetero) is 1. The average Bonchev–Trinajstić information content (AvgIpc) is 2.40. The first kappa shape index (κ1) is 8.24. The van der Waals surface area contributed by atoms with Crippen molar-refractivity contribution in [1.29, 1.82) is 0 Å². The summed E-state index contributed by atoms with van der Waals surface area (Å²) in [5, 5.41) is -0.454. The lowest BCUT2D eigenvalue weighted by Gasteiger charge is -2.26. The Labute approximate surface area is 76.3 Å². The van der Waals surface area contributed by atoms with Gasteiger partial charge in [-0.25, -0.2) is 0 Å². The van der Waals surface area contributed by atoms with E-state index in [9.17, 15) is 9.59 Å². The van der Waals surface area contributed by atoms with Gasteiger partial charge in [-0.15, -0.1) is 0 Å². The Morgan fingerprint density at radius 1 is 1.67 bits per heavy atom. The predicted octanol–water partition coefficient (Wildman–Crippen LogP) is 1.76. The molecule has 3 atom stereocenters. The van der Waals surface area contributed by atoms with Gasteiger partial charge in [0.25, 0.3) is 0 Å². The van der Waals surface area contributed by atoms with Crippen molar-refractivity contribution < 1.29 is 9.59 Å². The van der Waals surface area contributed by atoms with Gasteiger partial charge in [-0.2, -0.15) is 0 Å². The lowest BCUT2D eigenvalue weighted by Crippen LogP contribution is -2.33. The summed E-state index contributed by atoms with van der Waals surface area (Å²) in [5.41, 5.74) is -0.111. The molecule has 2 fully saturated rings. The first-order chi connectivity index (χ1) is 5.54. The fourth-order valence-corrected chi connectivity index (χ4v) is 3.11. The van der Waals surface area contributed by atoms with Crippen LogP contribution in [0, 0.1) is 17.3 Å². The van der Waals surface area contributed by atoms with Crippen LogP contribution < -0.4 is 0 Å². The molecule has 0 radical (unpaired) electrons. The van der Waals surface area contributed by atoms with Gasteiger partial charge >= 0.3 is 0 Å². The first-order valence-corrected chi connectivity index (χ1v) is 4.65. The molecule has 2 rings (SSSR count). The van der Waals surface area contributed by atoms with Gasteiger partial charge in [0.15, 0.2) is 0 Å². The van der Waals surface area contributed by atoms with Crippen LogP contribution in [0.5, 0.6) is 0 Å². The number of carbonyl (C=O) groups is 2.